The minimum Gasteiger partial charge on any atom is -0.496 e. The summed E-state index contributed by atoms with van der Waals surface area (Å²) >= 11 is 1.66. The lowest BCUT2D eigenvalue weighted by molar-refractivity contribution is 0.0894. The number of aromatic amines is 1. The van der Waals surface area contributed by atoms with Gasteiger partial charge >= 0.3 is 0 Å². The normalized spacial score (nSPS) is 12.6. The van der Waals surface area contributed by atoms with E-state index in [-0.39, 0.29) is 24.5 Å². The number of carbonyl (C=O) groups excluding carboxylic acids is 1. The highest BCUT2D eigenvalue weighted by atomic mass is 32.1. The van der Waals surface area contributed by atoms with Crippen molar-refractivity contribution in [3.63, 3.8) is 0 Å². The Kier molecular flexibility index (Phi) is 5.25. The molecule has 0 saturated heterocycles. The number of hydrogen-bond acceptors (Lipinski definition) is 5. The summed E-state index contributed by atoms with van der Waals surface area (Å²) in [6, 6.07) is 13.6. The van der Waals surface area contributed by atoms with Crippen molar-refractivity contribution in [1.82, 2.24) is 15.5 Å². The molecule has 0 spiro atoms. The number of thiophene rings is 1. The van der Waals surface area contributed by atoms with Gasteiger partial charge in [0.2, 0.25) is 0 Å². The Bertz CT molecular complexity index is 1150. The molecule has 1 atom stereocenters. The van der Waals surface area contributed by atoms with Crippen molar-refractivity contribution in [3.8, 4) is 16.3 Å². The van der Waals surface area contributed by atoms with Crippen molar-refractivity contribution in [2.75, 3.05) is 13.7 Å². The quantitative estimate of drug-likeness (QED) is 0.445. The average molecular weight is 410 g/mol. The lowest BCUT2D eigenvalue weighted by atomic mass is 10.0. The number of nitrogens with zero attached hydrogens (tertiary/aromatic N) is 1. The summed E-state index contributed by atoms with van der Waals surface area (Å²) in [5, 5.41) is 22.0. The summed E-state index contributed by atoms with van der Waals surface area (Å²) < 4.78 is 6.63. The van der Waals surface area contributed by atoms with E-state index in [4.69, 9.17) is 4.74 Å². The van der Waals surface area contributed by atoms with Gasteiger partial charge in [-0.15, -0.1) is 11.3 Å². The Labute approximate surface area is 172 Å². The van der Waals surface area contributed by atoms with Crippen LogP contribution in [0.2, 0.25) is 0 Å². The molecule has 0 aliphatic heterocycles. The van der Waals surface area contributed by atoms with Crippen LogP contribution in [-0.2, 0) is 0 Å². The molecule has 1 amide bonds. The topological polar surface area (TPSA) is 87.2 Å². The van der Waals surface area contributed by atoms with E-state index < -0.39 is 0 Å². The number of rotatable bonds is 6. The van der Waals surface area contributed by atoms with Crippen LogP contribution in [0, 0.1) is 5.92 Å². The fourth-order valence-corrected chi connectivity index (χ4v) is 4.41. The van der Waals surface area contributed by atoms with Crippen LogP contribution in [0.15, 0.2) is 42.5 Å². The van der Waals surface area contributed by atoms with Gasteiger partial charge in [0.25, 0.3) is 5.91 Å². The van der Waals surface area contributed by atoms with E-state index in [0.29, 0.717) is 11.3 Å². The van der Waals surface area contributed by atoms with Crippen molar-refractivity contribution in [2.24, 2.45) is 5.92 Å². The number of aliphatic hydroxyl groups excluding tert-OH is 1. The molecule has 0 bridgehead atoms. The lowest BCUT2D eigenvalue weighted by Crippen LogP contribution is -2.41. The van der Waals surface area contributed by atoms with Crippen LogP contribution < -0.4 is 10.1 Å². The highest BCUT2D eigenvalue weighted by molar-refractivity contribution is 7.22. The summed E-state index contributed by atoms with van der Waals surface area (Å²) in [4.78, 5) is 14.0. The predicted octanol–water partition coefficient (Wildman–Crippen LogP) is 4.20. The van der Waals surface area contributed by atoms with E-state index >= 15 is 0 Å². The third-order valence-electron chi connectivity index (χ3n) is 5.10. The molecular formula is C22H23N3O3S. The third kappa shape index (κ3) is 3.59. The zero-order valence-electron chi connectivity index (χ0n) is 16.5. The van der Waals surface area contributed by atoms with Crippen LogP contribution in [0.3, 0.4) is 0 Å². The fraction of sp³-hybridized carbons (Fsp3) is 0.273. The Morgan fingerprint density at radius 1 is 1.28 bits per heavy atom. The van der Waals surface area contributed by atoms with E-state index in [1.165, 1.54) is 11.8 Å². The first kappa shape index (κ1) is 19.4. The molecular weight excluding hydrogens is 386 g/mol. The second-order valence-corrected chi connectivity index (χ2v) is 8.41. The molecule has 0 unspecified atom stereocenters. The van der Waals surface area contributed by atoms with Crippen molar-refractivity contribution < 1.29 is 14.6 Å². The van der Waals surface area contributed by atoms with Gasteiger partial charge in [-0.05, 0) is 29.5 Å². The minimum absolute atomic E-state index is 0.113. The average Bonchev–Trinajstić information content (AvgIpc) is 3.33. The Hall–Kier alpha value is -2.90. The monoisotopic (exact) mass is 409 g/mol. The van der Waals surface area contributed by atoms with E-state index in [1.807, 2.05) is 32.0 Å². The first-order chi connectivity index (χ1) is 14.0. The second-order valence-electron chi connectivity index (χ2n) is 7.33. The molecule has 29 heavy (non-hydrogen) atoms. The number of aromatic nitrogens is 2. The number of methoxy groups -OCH3 is 1. The molecule has 7 heteroatoms. The molecule has 2 aromatic carbocycles. The molecule has 0 radical (unpaired) electrons. The van der Waals surface area contributed by atoms with Gasteiger partial charge in [-0.2, -0.15) is 5.10 Å². The molecule has 2 heterocycles. The Morgan fingerprint density at radius 3 is 2.76 bits per heavy atom. The minimum atomic E-state index is -0.325. The number of fused-ring (bicyclic) bond motifs is 2. The van der Waals surface area contributed by atoms with E-state index in [2.05, 4.69) is 33.7 Å². The Balaban J connectivity index is 1.79. The summed E-state index contributed by atoms with van der Waals surface area (Å²) in [7, 11) is 1.53. The number of carbonyl (C=O) groups is 1. The van der Waals surface area contributed by atoms with Gasteiger partial charge in [0, 0.05) is 16.2 Å². The number of nitrogens with one attached hydrogen (secondary N) is 2. The van der Waals surface area contributed by atoms with Gasteiger partial charge < -0.3 is 15.2 Å². The number of aliphatic hydroxyl groups is 1. The standard InChI is InChI=1S/C22H23N3O3S/c1-12(2)17(11-26)23-22(27)15-9-14-16(10-18(15)28-3)24-25-21(14)20-8-13-6-4-5-7-19(13)29-20/h4-10,12,17,26H,11H2,1-3H3,(H,23,27)(H,24,25)/t17-/m1/s1. The molecule has 0 aliphatic carbocycles. The van der Waals surface area contributed by atoms with Crippen molar-refractivity contribution in [1.29, 1.82) is 0 Å². The molecule has 6 nitrogen and oxygen atoms in total. The van der Waals surface area contributed by atoms with Crippen molar-refractivity contribution >= 4 is 38.2 Å². The molecule has 3 N–H and O–H groups in total. The zero-order chi connectivity index (χ0) is 20.5. The van der Waals surface area contributed by atoms with Gasteiger partial charge in [-0.25, -0.2) is 0 Å². The maximum Gasteiger partial charge on any atom is 0.255 e. The van der Waals surface area contributed by atoms with Gasteiger partial charge in [-0.3, -0.25) is 9.89 Å². The first-order valence-electron chi connectivity index (χ1n) is 9.48. The molecule has 0 aliphatic rings. The molecule has 2 aromatic heterocycles. The molecule has 0 fully saturated rings. The van der Waals surface area contributed by atoms with Crippen molar-refractivity contribution in [2.45, 2.75) is 19.9 Å². The first-order valence-corrected chi connectivity index (χ1v) is 10.3. The van der Waals surface area contributed by atoms with Crippen LogP contribution in [0.1, 0.15) is 24.2 Å². The molecule has 150 valence electrons. The summed E-state index contributed by atoms with van der Waals surface area (Å²) in [5.74, 6) is 0.295. The number of benzene rings is 2. The summed E-state index contributed by atoms with van der Waals surface area (Å²) in [6.07, 6.45) is 0. The molecule has 0 saturated carbocycles. The van der Waals surface area contributed by atoms with Crippen LogP contribution in [0.25, 0.3) is 31.6 Å². The third-order valence-corrected chi connectivity index (χ3v) is 6.23. The summed E-state index contributed by atoms with van der Waals surface area (Å²) in [6.45, 7) is 3.79. The van der Waals surface area contributed by atoms with Crippen LogP contribution in [0.4, 0.5) is 0 Å². The van der Waals surface area contributed by atoms with E-state index in [9.17, 15) is 9.90 Å². The zero-order valence-corrected chi connectivity index (χ0v) is 17.3. The van der Waals surface area contributed by atoms with Gasteiger partial charge in [0.15, 0.2) is 0 Å². The lowest BCUT2D eigenvalue weighted by Gasteiger charge is -2.20. The van der Waals surface area contributed by atoms with Crippen LogP contribution in [0.5, 0.6) is 5.75 Å². The predicted molar refractivity (Wildman–Crippen MR) is 117 cm³/mol. The number of H-pyrrole nitrogens is 1. The van der Waals surface area contributed by atoms with E-state index in [1.54, 1.807) is 17.4 Å². The maximum atomic E-state index is 12.9. The van der Waals surface area contributed by atoms with Gasteiger partial charge in [-0.1, -0.05) is 32.0 Å². The van der Waals surface area contributed by atoms with Gasteiger partial charge in [0.1, 0.15) is 11.4 Å². The fourth-order valence-electron chi connectivity index (χ4n) is 3.35. The molecule has 4 rings (SSSR count). The summed E-state index contributed by atoms with van der Waals surface area (Å²) in [5.41, 5.74) is 2.02. The second kappa shape index (κ2) is 7.85. The SMILES string of the molecule is COc1cc2[nH]nc(-c3cc4ccccc4s3)c2cc1C(=O)N[C@H](CO)C(C)C. The van der Waals surface area contributed by atoms with E-state index in [0.717, 1.165) is 26.9 Å². The Morgan fingerprint density at radius 2 is 2.07 bits per heavy atom. The van der Waals surface area contributed by atoms with Crippen LogP contribution in [-0.4, -0.2) is 41.0 Å². The largest absolute Gasteiger partial charge is 0.496 e. The highest BCUT2D eigenvalue weighted by Crippen LogP contribution is 2.37. The van der Waals surface area contributed by atoms with Gasteiger partial charge in [0.05, 0.1) is 35.7 Å². The number of ether oxygens (including phenoxy) is 1. The van der Waals surface area contributed by atoms with Crippen LogP contribution >= 0.6 is 11.3 Å². The highest BCUT2D eigenvalue weighted by Gasteiger charge is 2.21. The van der Waals surface area contributed by atoms with Crippen molar-refractivity contribution in [3.05, 3.63) is 48.0 Å². The number of hydrogen-bond donors (Lipinski definition) is 3. The number of amides is 1. The maximum absolute atomic E-state index is 12.9. The smallest absolute Gasteiger partial charge is 0.255 e. The molecule has 4 aromatic rings.